The van der Waals surface area contributed by atoms with Crippen LogP contribution in [0.15, 0.2) is 6.20 Å². The van der Waals surface area contributed by atoms with Gasteiger partial charge >= 0.3 is 11.8 Å². The molecule has 1 rings (SSSR count). The van der Waals surface area contributed by atoms with Crippen LogP contribution < -0.4 is 0 Å². The van der Waals surface area contributed by atoms with Gasteiger partial charge in [0, 0.05) is 11.1 Å². The van der Waals surface area contributed by atoms with Crippen molar-refractivity contribution in [2.45, 2.75) is 26.7 Å². The third-order valence-electron chi connectivity index (χ3n) is 2.42. The lowest BCUT2D eigenvalue weighted by Gasteiger charge is -2.10. The van der Waals surface area contributed by atoms with Crippen molar-refractivity contribution in [1.82, 2.24) is 4.98 Å². The van der Waals surface area contributed by atoms with Gasteiger partial charge in [0.1, 0.15) is 6.20 Å². The summed E-state index contributed by atoms with van der Waals surface area (Å²) >= 11 is 0. The first-order chi connectivity index (χ1) is 8.88. The molecule has 0 aliphatic carbocycles. The van der Waals surface area contributed by atoms with Gasteiger partial charge in [0.15, 0.2) is 0 Å². The van der Waals surface area contributed by atoms with E-state index in [4.69, 9.17) is 0 Å². The maximum Gasteiger partial charge on any atom is 0.367 e. The Morgan fingerprint density at radius 3 is 2.68 bits per heavy atom. The summed E-state index contributed by atoms with van der Waals surface area (Å²) in [4.78, 5) is 24.8. The van der Waals surface area contributed by atoms with Crippen molar-refractivity contribution >= 4 is 11.8 Å². The molecule has 1 aromatic heterocycles. The summed E-state index contributed by atoms with van der Waals surface area (Å²) in [6, 6.07) is 0. The monoisotopic (exact) mass is 274 g/mol. The molecule has 6 nitrogen and oxygen atoms in total. The highest BCUT2D eigenvalue weighted by Crippen LogP contribution is 2.31. The van der Waals surface area contributed by atoms with Crippen molar-refractivity contribution in [1.29, 1.82) is 0 Å². The summed E-state index contributed by atoms with van der Waals surface area (Å²) in [6.45, 7) is 2.97. The Bertz CT molecular complexity index is 506. The van der Waals surface area contributed by atoms with E-state index in [2.05, 4.69) is 9.72 Å². The van der Waals surface area contributed by atoms with Crippen LogP contribution in [0.2, 0.25) is 0 Å². The van der Waals surface area contributed by atoms with E-state index >= 15 is 0 Å². The van der Waals surface area contributed by atoms with E-state index in [1.54, 1.807) is 6.92 Å². The average molecular weight is 274 g/mol. The molecule has 19 heavy (non-hydrogen) atoms. The molecule has 0 bridgehead atoms. The lowest BCUT2D eigenvalue weighted by Crippen LogP contribution is -2.13. The molecule has 0 amide bonds. The quantitative estimate of drug-likeness (QED) is 0.467. The van der Waals surface area contributed by atoms with E-state index in [9.17, 15) is 23.7 Å². The molecular weight excluding hydrogens is 262 g/mol. The number of rotatable bonds is 5. The van der Waals surface area contributed by atoms with Gasteiger partial charge in [-0.15, -0.1) is 0 Å². The number of halogens is 2. The van der Waals surface area contributed by atoms with Gasteiger partial charge in [-0.2, -0.15) is 0 Å². The fourth-order valence-corrected chi connectivity index (χ4v) is 1.66. The highest BCUT2D eigenvalue weighted by atomic mass is 19.3. The van der Waals surface area contributed by atoms with Gasteiger partial charge in [-0.1, -0.05) is 0 Å². The van der Waals surface area contributed by atoms with Gasteiger partial charge in [0.25, 0.3) is 6.43 Å². The van der Waals surface area contributed by atoms with Crippen molar-refractivity contribution in [2.24, 2.45) is 0 Å². The number of nitro groups is 1. The van der Waals surface area contributed by atoms with Crippen LogP contribution >= 0.6 is 0 Å². The van der Waals surface area contributed by atoms with E-state index < -0.39 is 40.7 Å². The van der Waals surface area contributed by atoms with Gasteiger partial charge < -0.3 is 14.9 Å². The molecule has 104 valence electrons. The maximum atomic E-state index is 13.0. The van der Waals surface area contributed by atoms with Crippen LogP contribution in [0.3, 0.4) is 0 Å². The minimum atomic E-state index is -2.92. The van der Waals surface area contributed by atoms with E-state index in [1.165, 1.54) is 6.92 Å². The minimum absolute atomic E-state index is 0.0654. The summed E-state index contributed by atoms with van der Waals surface area (Å²) in [6.07, 6.45) is -2.53. The van der Waals surface area contributed by atoms with Crippen LogP contribution in [0.5, 0.6) is 0 Å². The molecular formula is C11H12F2N2O4. The number of esters is 1. The third kappa shape index (κ3) is 3.43. The smallest absolute Gasteiger partial charge is 0.367 e. The van der Waals surface area contributed by atoms with Crippen LogP contribution in [0, 0.1) is 17.0 Å². The number of carbonyl (C=O) groups excluding carboxylic acids is 1. The van der Waals surface area contributed by atoms with Crippen molar-refractivity contribution in [3.05, 3.63) is 33.0 Å². The normalized spacial score (nSPS) is 10.6. The van der Waals surface area contributed by atoms with Gasteiger partial charge in [-0.05, 0) is 23.8 Å². The zero-order valence-corrected chi connectivity index (χ0v) is 10.4. The molecule has 0 saturated heterocycles. The number of alkyl halides is 2. The molecule has 0 atom stereocenters. The van der Waals surface area contributed by atoms with Gasteiger partial charge in [0.2, 0.25) is 0 Å². The second-order valence-corrected chi connectivity index (χ2v) is 3.70. The molecule has 0 saturated carbocycles. The number of pyridine rings is 1. The van der Waals surface area contributed by atoms with Crippen LogP contribution in [0.1, 0.15) is 30.0 Å². The first kappa shape index (κ1) is 14.9. The SMILES string of the molecule is CCOC(=O)Cc1c([N+](=O)[O-])ncc(C)c1C(F)F. The molecule has 0 aliphatic heterocycles. The molecule has 1 aromatic rings. The second-order valence-electron chi connectivity index (χ2n) is 3.70. The minimum Gasteiger partial charge on any atom is -0.466 e. The Hall–Kier alpha value is -2.12. The van der Waals surface area contributed by atoms with Gasteiger partial charge in [-0.3, -0.25) is 4.79 Å². The summed E-state index contributed by atoms with van der Waals surface area (Å²) in [5.41, 5.74) is -0.826. The zero-order chi connectivity index (χ0) is 14.6. The number of hydrogen-bond acceptors (Lipinski definition) is 5. The first-order valence-electron chi connectivity index (χ1n) is 5.45. The van der Waals surface area contributed by atoms with E-state index in [-0.39, 0.29) is 12.2 Å². The van der Waals surface area contributed by atoms with E-state index in [1.807, 2.05) is 0 Å². The molecule has 1 heterocycles. The number of ether oxygens (including phenoxy) is 1. The Balaban J connectivity index is 3.33. The lowest BCUT2D eigenvalue weighted by molar-refractivity contribution is -0.390. The molecule has 0 radical (unpaired) electrons. The van der Waals surface area contributed by atoms with Crippen molar-refractivity contribution < 1.29 is 23.2 Å². The largest absolute Gasteiger partial charge is 0.466 e. The number of nitrogens with zero attached hydrogens (tertiary/aromatic N) is 2. The maximum absolute atomic E-state index is 13.0. The summed E-state index contributed by atoms with van der Waals surface area (Å²) in [5.74, 6) is -1.55. The summed E-state index contributed by atoms with van der Waals surface area (Å²) < 4.78 is 30.6. The Morgan fingerprint density at radius 1 is 1.58 bits per heavy atom. The number of aromatic nitrogens is 1. The first-order valence-corrected chi connectivity index (χ1v) is 5.45. The molecule has 0 unspecified atom stereocenters. The second kappa shape index (κ2) is 6.17. The van der Waals surface area contributed by atoms with Gasteiger partial charge in [-0.25, -0.2) is 8.78 Å². The Labute approximate surface area is 107 Å². The van der Waals surface area contributed by atoms with Crippen LogP contribution in [0.4, 0.5) is 14.6 Å². The predicted molar refractivity (Wildman–Crippen MR) is 60.9 cm³/mol. The molecule has 0 fully saturated rings. The van der Waals surface area contributed by atoms with Crippen molar-refractivity contribution in [3.8, 4) is 0 Å². The summed E-state index contributed by atoms with van der Waals surface area (Å²) in [7, 11) is 0. The molecule has 0 aliphatic rings. The zero-order valence-electron chi connectivity index (χ0n) is 10.4. The van der Waals surface area contributed by atoms with Crippen molar-refractivity contribution in [3.63, 3.8) is 0 Å². The Kier molecular flexibility index (Phi) is 4.85. The number of hydrogen-bond donors (Lipinski definition) is 0. The highest BCUT2D eigenvalue weighted by Gasteiger charge is 2.28. The van der Waals surface area contributed by atoms with Crippen LogP contribution in [-0.4, -0.2) is 22.5 Å². The molecule has 0 N–H and O–H groups in total. The van der Waals surface area contributed by atoms with Crippen LogP contribution in [0.25, 0.3) is 0 Å². The topological polar surface area (TPSA) is 82.3 Å². The molecule has 0 aromatic carbocycles. The fourth-order valence-electron chi connectivity index (χ4n) is 1.66. The standard InChI is InChI=1S/C11H12F2N2O4/c1-3-19-8(16)4-7-9(10(12)13)6(2)5-14-11(7)15(17)18/h5,10H,3-4H2,1-2H3. The van der Waals surface area contributed by atoms with Gasteiger partial charge in [0.05, 0.1) is 18.6 Å². The highest BCUT2D eigenvalue weighted by molar-refractivity contribution is 5.74. The lowest BCUT2D eigenvalue weighted by atomic mass is 10.0. The fraction of sp³-hybridized carbons (Fsp3) is 0.455. The Morgan fingerprint density at radius 2 is 2.21 bits per heavy atom. The summed E-state index contributed by atoms with van der Waals surface area (Å²) in [5, 5.41) is 10.8. The third-order valence-corrected chi connectivity index (χ3v) is 2.42. The number of carbonyl (C=O) groups is 1. The van der Waals surface area contributed by atoms with E-state index in [0.29, 0.717) is 0 Å². The predicted octanol–water partition coefficient (Wildman–Crippen LogP) is 2.34. The van der Waals surface area contributed by atoms with Crippen molar-refractivity contribution in [2.75, 3.05) is 6.61 Å². The molecule has 0 spiro atoms. The average Bonchev–Trinajstić information content (AvgIpc) is 2.28. The molecule has 8 heteroatoms. The van der Waals surface area contributed by atoms with Crippen LogP contribution in [-0.2, 0) is 16.0 Å². The van der Waals surface area contributed by atoms with E-state index in [0.717, 1.165) is 6.20 Å². The number of aryl methyl sites for hydroxylation is 1.